The van der Waals surface area contributed by atoms with Gasteiger partial charge in [0.2, 0.25) is 0 Å². The standard InChI is InChI=1S/C25H28N6O2S/c1-18-6-5-13-26-23(18)29-25(33)31-16-14-30(15-17-31)20-11-9-19(10-12-20)27-24(32)28-21-7-3-4-8-22(21)34-2/h3-13H,14-17H2,1-2H3,(H,26,29,33)(H2,27,28,32). The lowest BCUT2D eigenvalue weighted by molar-refractivity contribution is 0.208. The lowest BCUT2D eigenvalue weighted by Gasteiger charge is -2.36. The number of aromatic nitrogens is 1. The predicted octanol–water partition coefficient (Wildman–Crippen LogP) is 5.11. The molecule has 2 heterocycles. The highest BCUT2D eigenvalue weighted by atomic mass is 32.2. The molecule has 0 saturated carbocycles. The summed E-state index contributed by atoms with van der Waals surface area (Å²) in [5.74, 6) is 0.596. The van der Waals surface area contributed by atoms with Crippen LogP contribution in [0.3, 0.4) is 0 Å². The van der Waals surface area contributed by atoms with Crippen LogP contribution < -0.4 is 20.9 Å². The number of piperazine rings is 1. The third-order valence-corrected chi connectivity index (χ3v) is 6.44. The van der Waals surface area contributed by atoms with Gasteiger partial charge < -0.3 is 20.4 Å². The number of amides is 4. The largest absolute Gasteiger partial charge is 0.368 e. The number of aryl methyl sites for hydroxylation is 1. The molecule has 0 aliphatic carbocycles. The van der Waals surface area contributed by atoms with Crippen molar-refractivity contribution in [3.05, 3.63) is 72.4 Å². The number of carbonyl (C=O) groups excluding carboxylic acids is 2. The van der Waals surface area contributed by atoms with Crippen molar-refractivity contribution >= 4 is 46.7 Å². The Hall–Kier alpha value is -3.72. The van der Waals surface area contributed by atoms with Crippen LogP contribution in [0, 0.1) is 6.92 Å². The van der Waals surface area contributed by atoms with E-state index in [1.54, 1.807) is 22.9 Å². The van der Waals surface area contributed by atoms with Crippen LogP contribution in [-0.2, 0) is 0 Å². The number of rotatable bonds is 5. The minimum atomic E-state index is -0.281. The molecule has 0 spiro atoms. The first-order chi connectivity index (χ1) is 16.5. The molecule has 8 nitrogen and oxygen atoms in total. The van der Waals surface area contributed by atoms with E-state index in [-0.39, 0.29) is 12.1 Å². The van der Waals surface area contributed by atoms with Crippen LogP contribution in [0.4, 0.5) is 32.5 Å². The smallest absolute Gasteiger partial charge is 0.323 e. The molecule has 4 amide bonds. The Labute approximate surface area is 203 Å². The minimum Gasteiger partial charge on any atom is -0.368 e. The molecule has 1 saturated heterocycles. The van der Waals surface area contributed by atoms with Gasteiger partial charge in [-0.05, 0) is 61.2 Å². The third kappa shape index (κ3) is 5.79. The fourth-order valence-electron chi connectivity index (χ4n) is 3.75. The first-order valence-corrected chi connectivity index (χ1v) is 12.3. The Morgan fingerprint density at radius 1 is 0.882 bits per heavy atom. The highest BCUT2D eigenvalue weighted by Crippen LogP contribution is 2.25. The van der Waals surface area contributed by atoms with Crippen LogP contribution in [0.1, 0.15) is 5.56 Å². The average molecular weight is 477 g/mol. The van der Waals surface area contributed by atoms with Crippen LogP contribution in [0.2, 0.25) is 0 Å². The predicted molar refractivity (Wildman–Crippen MR) is 139 cm³/mol. The molecule has 0 bridgehead atoms. The number of anilines is 4. The molecule has 1 fully saturated rings. The van der Waals surface area contributed by atoms with Crippen molar-refractivity contribution in [3.8, 4) is 0 Å². The maximum absolute atomic E-state index is 12.6. The summed E-state index contributed by atoms with van der Waals surface area (Å²) >= 11 is 1.58. The Morgan fingerprint density at radius 3 is 2.32 bits per heavy atom. The van der Waals surface area contributed by atoms with E-state index >= 15 is 0 Å². The Morgan fingerprint density at radius 2 is 1.62 bits per heavy atom. The van der Waals surface area contributed by atoms with Gasteiger partial charge in [0.15, 0.2) is 0 Å². The quantitative estimate of drug-likeness (QED) is 0.445. The summed E-state index contributed by atoms with van der Waals surface area (Å²) in [5, 5.41) is 8.67. The normalized spacial score (nSPS) is 13.4. The summed E-state index contributed by atoms with van der Waals surface area (Å²) in [5.41, 5.74) is 3.49. The number of nitrogens with one attached hydrogen (secondary N) is 3. The van der Waals surface area contributed by atoms with Gasteiger partial charge in [0.05, 0.1) is 5.69 Å². The lowest BCUT2D eigenvalue weighted by Crippen LogP contribution is -2.50. The van der Waals surface area contributed by atoms with Crippen molar-refractivity contribution in [2.45, 2.75) is 11.8 Å². The number of pyridine rings is 1. The fraction of sp³-hybridized carbons (Fsp3) is 0.240. The maximum atomic E-state index is 12.6. The van der Waals surface area contributed by atoms with Gasteiger partial charge >= 0.3 is 12.1 Å². The number of thioether (sulfide) groups is 1. The highest BCUT2D eigenvalue weighted by molar-refractivity contribution is 7.98. The molecule has 0 radical (unpaired) electrons. The highest BCUT2D eigenvalue weighted by Gasteiger charge is 2.22. The summed E-state index contributed by atoms with van der Waals surface area (Å²) in [7, 11) is 0. The van der Waals surface area contributed by atoms with Crippen LogP contribution in [-0.4, -0.2) is 54.4 Å². The Balaban J connectivity index is 1.28. The van der Waals surface area contributed by atoms with Crippen LogP contribution in [0.15, 0.2) is 71.8 Å². The summed E-state index contributed by atoms with van der Waals surface area (Å²) in [6.07, 6.45) is 3.65. The van der Waals surface area contributed by atoms with E-state index in [1.807, 2.05) is 73.8 Å². The molecule has 1 aromatic heterocycles. The van der Waals surface area contributed by atoms with E-state index in [0.29, 0.717) is 24.6 Å². The summed E-state index contributed by atoms with van der Waals surface area (Å²) < 4.78 is 0. The molecule has 2 aromatic carbocycles. The summed E-state index contributed by atoms with van der Waals surface area (Å²) in [6.45, 7) is 4.62. The van der Waals surface area contributed by atoms with Crippen LogP contribution in [0.25, 0.3) is 0 Å². The Bertz CT molecular complexity index is 1150. The van der Waals surface area contributed by atoms with Crippen molar-refractivity contribution in [1.29, 1.82) is 0 Å². The molecule has 3 aromatic rings. The molecule has 3 N–H and O–H groups in total. The van der Waals surface area contributed by atoms with Gasteiger partial charge in [0.25, 0.3) is 0 Å². The molecule has 176 valence electrons. The zero-order valence-corrected chi connectivity index (χ0v) is 20.1. The number of hydrogen-bond donors (Lipinski definition) is 3. The summed E-state index contributed by atoms with van der Waals surface area (Å²) in [4.78, 5) is 34.3. The Kier molecular flexibility index (Phi) is 7.54. The van der Waals surface area contributed by atoms with Gasteiger partial charge in [-0.15, -0.1) is 11.8 Å². The van der Waals surface area contributed by atoms with E-state index in [2.05, 4.69) is 25.8 Å². The molecular formula is C25H28N6O2S. The zero-order chi connectivity index (χ0) is 23.9. The lowest BCUT2D eigenvalue weighted by atomic mass is 10.2. The van der Waals surface area contributed by atoms with Gasteiger partial charge in [-0.25, -0.2) is 14.6 Å². The van der Waals surface area contributed by atoms with E-state index < -0.39 is 0 Å². The van der Waals surface area contributed by atoms with Crippen LogP contribution >= 0.6 is 11.8 Å². The number of hydrogen-bond acceptors (Lipinski definition) is 5. The molecule has 0 unspecified atom stereocenters. The molecule has 9 heteroatoms. The van der Waals surface area contributed by atoms with E-state index in [4.69, 9.17) is 0 Å². The van der Waals surface area contributed by atoms with Crippen molar-refractivity contribution in [3.63, 3.8) is 0 Å². The maximum Gasteiger partial charge on any atom is 0.323 e. The second-order valence-corrected chi connectivity index (χ2v) is 8.75. The second kappa shape index (κ2) is 10.9. The molecule has 0 atom stereocenters. The first kappa shape index (κ1) is 23.4. The minimum absolute atomic E-state index is 0.130. The molecule has 4 rings (SSSR count). The number of para-hydroxylation sites is 1. The van der Waals surface area contributed by atoms with Gasteiger partial charge in [0, 0.05) is 48.6 Å². The topological polar surface area (TPSA) is 89.6 Å². The van der Waals surface area contributed by atoms with Gasteiger partial charge in [-0.3, -0.25) is 5.32 Å². The fourth-order valence-corrected chi connectivity index (χ4v) is 4.31. The number of urea groups is 2. The van der Waals surface area contributed by atoms with Gasteiger partial charge in [-0.2, -0.15) is 0 Å². The van der Waals surface area contributed by atoms with Crippen molar-refractivity contribution in [1.82, 2.24) is 9.88 Å². The second-order valence-electron chi connectivity index (χ2n) is 7.90. The van der Waals surface area contributed by atoms with Crippen molar-refractivity contribution in [2.24, 2.45) is 0 Å². The molecule has 1 aliphatic rings. The third-order valence-electron chi connectivity index (χ3n) is 5.65. The summed E-state index contributed by atoms with van der Waals surface area (Å²) in [6, 6.07) is 18.8. The van der Waals surface area contributed by atoms with Crippen LogP contribution in [0.5, 0.6) is 0 Å². The number of benzene rings is 2. The van der Waals surface area contributed by atoms with Gasteiger partial charge in [0.1, 0.15) is 5.82 Å². The number of carbonyl (C=O) groups is 2. The average Bonchev–Trinajstić information content (AvgIpc) is 2.86. The van der Waals surface area contributed by atoms with Crippen molar-refractivity contribution in [2.75, 3.05) is 53.3 Å². The number of nitrogens with zero attached hydrogens (tertiary/aromatic N) is 3. The SMILES string of the molecule is CSc1ccccc1NC(=O)Nc1ccc(N2CCN(C(=O)Nc3ncccc3C)CC2)cc1. The van der Waals surface area contributed by atoms with E-state index in [1.165, 1.54) is 0 Å². The monoisotopic (exact) mass is 476 g/mol. The van der Waals surface area contributed by atoms with Gasteiger partial charge in [-0.1, -0.05) is 18.2 Å². The molecule has 1 aliphatic heterocycles. The van der Waals surface area contributed by atoms with Crippen molar-refractivity contribution < 1.29 is 9.59 Å². The molecular weight excluding hydrogens is 448 g/mol. The molecule has 34 heavy (non-hydrogen) atoms. The first-order valence-electron chi connectivity index (χ1n) is 11.1. The zero-order valence-electron chi connectivity index (χ0n) is 19.2. The van der Waals surface area contributed by atoms with E-state index in [0.717, 1.165) is 34.9 Å². The van der Waals surface area contributed by atoms with E-state index in [9.17, 15) is 9.59 Å².